The highest BCUT2D eigenvalue weighted by Crippen LogP contribution is 2.31. The van der Waals surface area contributed by atoms with Crippen molar-refractivity contribution >= 4 is 15.9 Å². The van der Waals surface area contributed by atoms with Crippen LogP contribution in [-0.4, -0.2) is 13.7 Å². The Morgan fingerprint density at radius 3 is 2.47 bits per heavy atom. The van der Waals surface area contributed by atoms with Crippen LogP contribution in [0.2, 0.25) is 0 Å². The molecule has 2 nitrogen and oxygen atoms in total. The summed E-state index contributed by atoms with van der Waals surface area (Å²) < 4.78 is 11.8. The molecule has 0 saturated carbocycles. The number of hydrogen-bond acceptors (Lipinski definition) is 2. The van der Waals surface area contributed by atoms with Gasteiger partial charge < -0.3 is 9.47 Å². The topological polar surface area (TPSA) is 18.5 Å². The van der Waals surface area contributed by atoms with E-state index in [1.54, 1.807) is 7.11 Å². The lowest BCUT2D eigenvalue weighted by atomic mass is 9.98. The van der Waals surface area contributed by atoms with E-state index in [0.717, 1.165) is 15.8 Å². The van der Waals surface area contributed by atoms with E-state index in [1.807, 2.05) is 39.0 Å². The summed E-state index contributed by atoms with van der Waals surface area (Å²) in [5.41, 5.74) is 0.855. The zero-order valence-electron chi connectivity index (χ0n) is 9.63. The first kappa shape index (κ1) is 12.5. The maximum absolute atomic E-state index is 5.45. The third-order valence-corrected chi connectivity index (χ3v) is 3.06. The van der Waals surface area contributed by atoms with Crippen LogP contribution in [0.15, 0.2) is 22.7 Å². The Kier molecular flexibility index (Phi) is 4.17. The maximum atomic E-state index is 5.45. The van der Waals surface area contributed by atoms with E-state index in [4.69, 9.17) is 9.47 Å². The fourth-order valence-corrected chi connectivity index (χ4v) is 1.76. The lowest BCUT2D eigenvalue weighted by molar-refractivity contribution is 0.0191. The van der Waals surface area contributed by atoms with Gasteiger partial charge in [-0.25, -0.2) is 0 Å². The first-order valence-electron chi connectivity index (χ1n) is 4.99. The highest BCUT2D eigenvalue weighted by atomic mass is 79.9. The van der Waals surface area contributed by atoms with Crippen LogP contribution >= 0.6 is 15.9 Å². The van der Waals surface area contributed by atoms with E-state index in [9.17, 15) is 0 Å². The monoisotopic (exact) mass is 272 g/mol. The van der Waals surface area contributed by atoms with Crippen molar-refractivity contribution in [2.75, 3.05) is 13.7 Å². The minimum Gasteiger partial charge on any atom is -0.493 e. The number of hydrogen-bond donors (Lipinski definition) is 0. The molecule has 15 heavy (non-hydrogen) atoms. The van der Waals surface area contributed by atoms with Gasteiger partial charge in [0.1, 0.15) is 5.75 Å². The van der Waals surface area contributed by atoms with E-state index in [2.05, 4.69) is 15.9 Å². The molecule has 1 aromatic rings. The van der Waals surface area contributed by atoms with Crippen LogP contribution in [0.4, 0.5) is 0 Å². The van der Waals surface area contributed by atoms with E-state index in [-0.39, 0.29) is 5.60 Å². The molecule has 84 valence electrons. The number of halogens is 1. The van der Waals surface area contributed by atoms with Gasteiger partial charge in [-0.05, 0) is 54.4 Å². The minimum atomic E-state index is -0.271. The summed E-state index contributed by atoms with van der Waals surface area (Å²) >= 11 is 3.49. The van der Waals surface area contributed by atoms with Crippen molar-refractivity contribution in [2.24, 2.45) is 0 Å². The summed E-state index contributed by atoms with van der Waals surface area (Å²) in [5, 5.41) is 0. The van der Waals surface area contributed by atoms with Crippen molar-refractivity contribution in [2.45, 2.75) is 26.4 Å². The van der Waals surface area contributed by atoms with Crippen LogP contribution in [0.25, 0.3) is 0 Å². The predicted molar refractivity (Wildman–Crippen MR) is 65.3 cm³/mol. The zero-order chi connectivity index (χ0) is 11.5. The van der Waals surface area contributed by atoms with E-state index < -0.39 is 0 Å². The zero-order valence-corrected chi connectivity index (χ0v) is 11.2. The second-order valence-electron chi connectivity index (χ2n) is 3.79. The van der Waals surface area contributed by atoms with Crippen molar-refractivity contribution in [3.63, 3.8) is 0 Å². The summed E-state index contributed by atoms with van der Waals surface area (Å²) in [6, 6.07) is 6.03. The van der Waals surface area contributed by atoms with Gasteiger partial charge in [0, 0.05) is 7.11 Å². The van der Waals surface area contributed by atoms with Crippen molar-refractivity contribution in [3.8, 4) is 5.75 Å². The smallest absolute Gasteiger partial charge is 0.133 e. The van der Waals surface area contributed by atoms with Crippen LogP contribution in [0.1, 0.15) is 26.3 Å². The molecule has 0 aliphatic rings. The average molecular weight is 273 g/mol. The average Bonchev–Trinajstić information content (AvgIpc) is 2.21. The first-order chi connectivity index (χ1) is 7.01. The van der Waals surface area contributed by atoms with E-state index >= 15 is 0 Å². The van der Waals surface area contributed by atoms with Gasteiger partial charge in [-0.3, -0.25) is 0 Å². The van der Waals surface area contributed by atoms with Gasteiger partial charge >= 0.3 is 0 Å². The Bertz CT molecular complexity index is 334. The molecule has 0 N–H and O–H groups in total. The first-order valence-corrected chi connectivity index (χ1v) is 5.78. The SMILES string of the molecule is CCOc1ccc(C(C)(C)OC)cc1Br. The molecular weight excluding hydrogens is 256 g/mol. The molecule has 0 aliphatic carbocycles. The largest absolute Gasteiger partial charge is 0.493 e. The van der Waals surface area contributed by atoms with Crippen molar-refractivity contribution in [1.82, 2.24) is 0 Å². The van der Waals surface area contributed by atoms with Gasteiger partial charge in [0.25, 0.3) is 0 Å². The Balaban J connectivity index is 3.01. The number of benzene rings is 1. The molecule has 0 aromatic heterocycles. The summed E-state index contributed by atoms with van der Waals surface area (Å²) in [5.74, 6) is 0.869. The minimum absolute atomic E-state index is 0.271. The van der Waals surface area contributed by atoms with Gasteiger partial charge in [0.15, 0.2) is 0 Å². The molecule has 0 spiro atoms. The molecule has 0 aliphatic heterocycles. The lowest BCUT2D eigenvalue weighted by Crippen LogP contribution is -2.19. The van der Waals surface area contributed by atoms with Gasteiger partial charge in [-0.1, -0.05) is 6.07 Å². The highest BCUT2D eigenvalue weighted by Gasteiger charge is 2.20. The number of methoxy groups -OCH3 is 1. The highest BCUT2D eigenvalue weighted by molar-refractivity contribution is 9.10. The molecule has 1 aromatic carbocycles. The molecule has 3 heteroatoms. The van der Waals surface area contributed by atoms with Crippen molar-refractivity contribution in [1.29, 1.82) is 0 Å². The molecule has 1 rings (SSSR count). The fourth-order valence-electron chi connectivity index (χ4n) is 1.27. The summed E-state index contributed by atoms with van der Waals surface area (Å²) in [6.07, 6.45) is 0. The Morgan fingerprint density at radius 1 is 1.33 bits per heavy atom. The molecule has 0 heterocycles. The molecule has 0 saturated heterocycles. The van der Waals surface area contributed by atoms with E-state index in [0.29, 0.717) is 6.61 Å². The van der Waals surface area contributed by atoms with Crippen molar-refractivity contribution < 1.29 is 9.47 Å². The second-order valence-corrected chi connectivity index (χ2v) is 4.65. The van der Waals surface area contributed by atoms with E-state index in [1.165, 1.54) is 0 Å². The summed E-state index contributed by atoms with van der Waals surface area (Å²) in [4.78, 5) is 0. The molecule has 0 fully saturated rings. The summed E-state index contributed by atoms with van der Waals surface area (Å²) in [6.45, 7) is 6.72. The van der Waals surface area contributed by atoms with Crippen LogP contribution < -0.4 is 4.74 Å². The normalized spacial score (nSPS) is 11.5. The molecule has 0 radical (unpaired) electrons. The van der Waals surface area contributed by atoms with Crippen LogP contribution in [-0.2, 0) is 10.3 Å². The van der Waals surface area contributed by atoms with Gasteiger partial charge in [-0.15, -0.1) is 0 Å². The quantitative estimate of drug-likeness (QED) is 0.832. The second kappa shape index (κ2) is 4.99. The maximum Gasteiger partial charge on any atom is 0.133 e. The van der Waals surface area contributed by atoms with Gasteiger partial charge in [0.05, 0.1) is 16.7 Å². The standard InChI is InChI=1S/C12H17BrO2/c1-5-15-11-7-6-9(8-10(11)13)12(2,3)14-4/h6-8H,5H2,1-4H3. The third-order valence-electron chi connectivity index (χ3n) is 2.44. The molecule has 0 amide bonds. The van der Waals surface area contributed by atoms with Gasteiger partial charge in [-0.2, -0.15) is 0 Å². The molecular formula is C12H17BrO2. The predicted octanol–water partition coefficient (Wildman–Crippen LogP) is 3.73. The Hall–Kier alpha value is -0.540. The number of rotatable bonds is 4. The fraction of sp³-hybridized carbons (Fsp3) is 0.500. The summed E-state index contributed by atoms with van der Waals surface area (Å²) in [7, 11) is 1.71. The molecule has 0 unspecified atom stereocenters. The van der Waals surface area contributed by atoms with Crippen molar-refractivity contribution in [3.05, 3.63) is 28.2 Å². The van der Waals surface area contributed by atoms with Gasteiger partial charge in [0.2, 0.25) is 0 Å². The Labute approximate surface area is 99.7 Å². The lowest BCUT2D eigenvalue weighted by Gasteiger charge is -2.24. The van der Waals surface area contributed by atoms with Crippen LogP contribution in [0, 0.1) is 0 Å². The number of ether oxygens (including phenoxy) is 2. The molecule has 0 bridgehead atoms. The van der Waals surface area contributed by atoms with Crippen LogP contribution in [0.3, 0.4) is 0 Å². The third kappa shape index (κ3) is 2.95. The van der Waals surface area contributed by atoms with Crippen LogP contribution in [0.5, 0.6) is 5.75 Å². The molecule has 0 atom stereocenters. The Morgan fingerprint density at radius 2 is 2.00 bits per heavy atom.